The van der Waals surface area contributed by atoms with Gasteiger partial charge >= 0.3 is 0 Å². The number of benzene rings is 1. The van der Waals surface area contributed by atoms with E-state index in [1.807, 2.05) is 24.3 Å². The molecule has 2 atom stereocenters. The average molecular weight is 277 g/mol. The summed E-state index contributed by atoms with van der Waals surface area (Å²) in [6.45, 7) is 0.170. The molecule has 2 unspecified atom stereocenters. The number of aryl methyl sites for hydroxylation is 1. The molecule has 1 aliphatic carbocycles. The van der Waals surface area contributed by atoms with Gasteiger partial charge in [0.1, 0.15) is 5.75 Å². The van der Waals surface area contributed by atoms with E-state index in [1.54, 1.807) is 7.11 Å². The van der Waals surface area contributed by atoms with Crippen LogP contribution in [0.15, 0.2) is 24.3 Å². The Bertz CT molecular complexity index is 430. The summed E-state index contributed by atoms with van der Waals surface area (Å²) in [7, 11) is 1.64. The molecule has 1 aliphatic rings. The van der Waals surface area contributed by atoms with Crippen LogP contribution in [0.2, 0.25) is 0 Å². The minimum atomic E-state index is 0.0752. The Kier molecular flexibility index (Phi) is 5.41. The standard InChI is InChI=1S/C16H23NO3/c1-20-14-8-5-12(6-9-14)7-10-16(19)17-15-4-2-3-13(15)11-18/h5-6,8-9,13,15,18H,2-4,7,10-11H2,1H3,(H,17,19). The Morgan fingerprint density at radius 1 is 1.35 bits per heavy atom. The van der Waals surface area contributed by atoms with Gasteiger partial charge in [0.2, 0.25) is 5.91 Å². The lowest BCUT2D eigenvalue weighted by Crippen LogP contribution is -2.38. The second-order valence-corrected chi connectivity index (χ2v) is 5.40. The van der Waals surface area contributed by atoms with E-state index in [9.17, 15) is 9.90 Å². The molecule has 1 amide bonds. The highest BCUT2D eigenvalue weighted by Crippen LogP contribution is 2.25. The third-order valence-electron chi connectivity index (χ3n) is 4.04. The molecule has 0 radical (unpaired) electrons. The molecule has 1 aromatic rings. The van der Waals surface area contributed by atoms with Gasteiger partial charge in [0.25, 0.3) is 0 Å². The van der Waals surface area contributed by atoms with E-state index in [0.29, 0.717) is 6.42 Å². The number of amides is 1. The molecule has 0 bridgehead atoms. The monoisotopic (exact) mass is 277 g/mol. The van der Waals surface area contributed by atoms with E-state index < -0.39 is 0 Å². The number of ether oxygens (including phenoxy) is 1. The van der Waals surface area contributed by atoms with Crippen LogP contribution in [0, 0.1) is 5.92 Å². The maximum atomic E-state index is 11.9. The first-order valence-corrected chi connectivity index (χ1v) is 7.26. The van der Waals surface area contributed by atoms with Crippen LogP contribution < -0.4 is 10.1 Å². The van der Waals surface area contributed by atoms with E-state index in [1.165, 1.54) is 0 Å². The summed E-state index contributed by atoms with van der Waals surface area (Å²) in [4.78, 5) is 11.9. The van der Waals surface area contributed by atoms with Gasteiger partial charge in [0.05, 0.1) is 7.11 Å². The van der Waals surface area contributed by atoms with E-state index in [-0.39, 0.29) is 24.5 Å². The van der Waals surface area contributed by atoms with Gasteiger partial charge in [-0.25, -0.2) is 0 Å². The van der Waals surface area contributed by atoms with Gasteiger partial charge < -0.3 is 15.2 Å². The van der Waals surface area contributed by atoms with Crippen molar-refractivity contribution in [3.05, 3.63) is 29.8 Å². The number of carbonyl (C=O) groups is 1. The van der Waals surface area contributed by atoms with Crippen molar-refractivity contribution in [2.45, 2.75) is 38.1 Å². The van der Waals surface area contributed by atoms with Crippen molar-refractivity contribution < 1.29 is 14.6 Å². The van der Waals surface area contributed by atoms with Gasteiger partial charge in [0.15, 0.2) is 0 Å². The van der Waals surface area contributed by atoms with Crippen molar-refractivity contribution >= 4 is 5.91 Å². The van der Waals surface area contributed by atoms with Crippen LogP contribution >= 0.6 is 0 Å². The van der Waals surface area contributed by atoms with E-state index in [0.717, 1.165) is 37.0 Å². The minimum Gasteiger partial charge on any atom is -0.497 e. The normalized spacial score (nSPS) is 21.7. The molecule has 2 N–H and O–H groups in total. The molecule has 4 heteroatoms. The van der Waals surface area contributed by atoms with E-state index >= 15 is 0 Å². The lowest BCUT2D eigenvalue weighted by atomic mass is 10.0. The number of aliphatic hydroxyl groups is 1. The summed E-state index contributed by atoms with van der Waals surface area (Å²) in [5.41, 5.74) is 1.13. The molecule has 110 valence electrons. The van der Waals surface area contributed by atoms with E-state index in [2.05, 4.69) is 5.32 Å². The molecule has 20 heavy (non-hydrogen) atoms. The first-order valence-electron chi connectivity index (χ1n) is 7.26. The first-order chi connectivity index (χ1) is 9.72. The topological polar surface area (TPSA) is 58.6 Å². The van der Waals surface area contributed by atoms with Crippen LogP contribution in [-0.4, -0.2) is 30.8 Å². The fraction of sp³-hybridized carbons (Fsp3) is 0.562. The zero-order valence-electron chi connectivity index (χ0n) is 12.0. The number of carbonyl (C=O) groups excluding carboxylic acids is 1. The van der Waals surface area contributed by atoms with Crippen LogP contribution in [0.5, 0.6) is 5.75 Å². The third-order valence-corrected chi connectivity index (χ3v) is 4.04. The second kappa shape index (κ2) is 7.29. The Hall–Kier alpha value is -1.55. The summed E-state index contributed by atoms with van der Waals surface area (Å²) < 4.78 is 5.10. The Morgan fingerprint density at radius 2 is 2.10 bits per heavy atom. The quantitative estimate of drug-likeness (QED) is 0.835. The van der Waals surface area contributed by atoms with Crippen molar-refractivity contribution in [3.63, 3.8) is 0 Å². The molecule has 0 saturated heterocycles. The summed E-state index contributed by atoms with van der Waals surface area (Å²) in [6.07, 6.45) is 4.31. The Labute approximate surface area is 120 Å². The molecule has 1 fully saturated rings. The summed E-state index contributed by atoms with van der Waals surface area (Å²) >= 11 is 0. The highest BCUT2D eigenvalue weighted by Gasteiger charge is 2.27. The highest BCUT2D eigenvalue weighted by atomic mass is 16.5. The average Bonchev–Trinajstić information content (AvgIpc) is 2.92. The van der Waals surface area contributed by atoms with Crippen molar-refractivity contribution in [1.82, 2.24) is 5.32 Å². The van der Waals surface area contributed by atoms with Crippen LogP contribution in [0.4, 0.5) is 0 Å². The molecule has 0 aromatic heterocycles. The van der Waals surface area contributed by atoms with Crippen molar-refractivity contribution in [2.24, 2.45) is 5.92 Å². The maximum Gasteiger partial charge on any atom is 0.220 e. The Morgan fingerprint density at radius 3 is 2.75 bits per heavy atom. The first kappa shape index (κ1) is 14.9. The minimum absolute atomic E-state index is 0.0752. The smallest absolute Gasteiger partial charge is 0.220 e. The molecular weight excluding hydrogens is 254 g/mol. The zero-order valence-corrected chi connectivity index (χ0v) is 12.0. The van der Waals surface area contributed by atoms with Crippen molar-refractivity contribution in [2.75, 3.05) is 13.7 Å². The van der Waals surface area contributed by atoms with Gasteiger partial charge in [0, 0.05) is 25.0 Å². The van der Waals surface area contributed by atoms with Crippen LogP contribution in [0.25, 0.3) is 0 Å². The fourth-order valence-electron chi connectivity index (χ4n) is 2.77. The predicted octanol–water partition coefficient (Wildman–Crippen LogP) is 1.90. The lowest BCUT2D eigenvalue weighted by molar-refractivity contribution is -0.122. The molecule has 0 heterocycles. The molecule has 1 aromatic carbocycles. The zero-order chi connectivity index (χ0) is 14.4. The molecule has 0 aliphatic heterocycles. The molecule has 4 nitrogen and oxygen atoms in total. The van der Waals surface area contributed by atoms with Gasteiger partial charge in [-0.1, -0.05) is 18.6 Å². The summed E-state index contributed by atoms with van der Waals surface area (Å²) in [5.74, 6) is 1.14. The largest absolute Gasteiger partial charge is 0.497 e. The number of methoxy groups -OCH3 is 1. The molecule has 2 rings (SSSR count). The van der Waals surface area contributed by atoms with E-state index in [4.69, 9.17) is 4.74 Å². The maximum absolute atomic E-state index is 11.9. The van der Waals surface area contributed by atoms with Gasteiger partial charge in [-0.2, -0.15) is 0 Å². The number of rotatable bonds is 6. The molecule has 0 spiro atoms. The molecule has 1 saturated carbocycles. The van der Waals surface area contributed by atoms with Gasteiger partial charge in [-0.15, -0.1) is 0 Å². The number of hydrogen-bond donors (Lipinski definition) is 2. The Balaban J connectivity index is 1.76. The summed E-state index contributed by atoms with van der Waals surface area (Å²) in [5, 5.41) is 12.3. The predicted molar refractivity (Wildman–Crippen MR) is 77.7 cm³/mol. The lowest BCUT2D eigenvalue weighted by Gasteiger charge is -2.19. The van der Waals surface area contributed by atoms with Gasteiger partial charge in [-0.05, 0) is 37.0 Å². The van der Waals surface area contributed by atoms with Crippen molar-refractivity contribution in [1.29, 1.82) is 0 Å². The number of aliphatic hydroxyl groups excluding tert-OH is 1. The van der Waals surface area contributed by atoms with Crippen LogP contribution in [0.3, 0.4) is 0 Å². The summed E-state index contributed by atoms with van der Waals surface area (Å²) in [6, 6.07) is 7.94. The SMILES string of the molecule is COc1ccc(CCC(=O)NC2CCCC2CO)cc1. The fourth-order valence-corrected chi connectivity index (χ4v) is 2.77. The van der Waals surface area contributed by atoms with Gasteiger partial charge in [-0.3, -0.25) is 4.79 Å². The van der Waals surface area contributed by atoms with Crippen LogP contribution in [-0.2, 0) is 11.2 Å². The number of hydrogen-bond acceptors (Lipinski definition) is 3. The molecular formula is C16H23NO3. The number of nitrogens with one attached hydrogen (secondary N) is 1. The third kappa shape index (κ3) is 3.97. The highest BCUT2D eigenvalue weighted by molar-refractivity contribution is 5.76. The van der Waals surface area contributed by atoms with Crippen LogP contribution in [0.1, 0.15) is 31.2 Å². The van der Waals surface area contributed by atoms with Crippen molar-refractivity contribution in [3.8, 4) is 5.75 Å². The second-order valence-electron chi connectivity index (χ2n) is 5.40.